The number of hydrogen-bond acceptors (Lipinski definition) is 6. The number of methoxy groups -OCH3 is 1. The van der Waals surface area contributed by atoms with Gasteiger partial charge in [0.05, 0.1) is 24.4 Å². The zero-order chi connectivity index (χ0) is 20.3. The van der Waals surface area contributed by atoms with Crippen LogP contribution in [0.1, 0.15) is 22.7 Å². The number of carbonyl (C=O) groups excluding carboxylic acids is 1. The summed E-state index contributed by atoms with van der Waals surface area (Å²) in [4.78, 5) is 17.7. The fraction of sp³-hybridized carbons (Fsp3) is 0.389. The molecule has 2 heterocycles. The number of oxazole rings is 1. The Balaban J connectivity index is 1.69. The lowest BCUT2D eigenvalue weighted by molar-refractivity contribution is -0.137. The largest absolute Gasteiger partial charge is 0.432 e. The molecule has 3 rings (SSSR count). The molecule has 1 unspecified atom stereocenters. The summed E-state index contributed by atoms with van der Waals surface area (Å²) in [5, 5.41) is 11.9. The van der Waals surface area contributed by atoms with Gasteiger partial charge in [-0.25, -0.2) is 4.98 Å². The molecule has 1 N–H and O–H groups in total. The number of alkyl halides is 3. The van der Waals surface area contributed by atoms with Gasteiger partial charge in [-0.05, 0) is 18.6 Å². The predicted molar refractivity (Wildman–Crippen MR) is 90.8 cm³/mol. The Kier molecular flexibility index (Phi) is 5.56. The number of aromatic nitrogens is 1. The normalized spacial score (nSPS) is 19.5. The van der Waals surface area contributed by atoms with Crippen molar-refractivity contribution in [3.63, 3.8) is 0 Å². The minimum atomic E-state index is -4.48. The van der Waals surface area contributed by atoms with Gasteiger partial charge in [0.25, 0.3) is 5.89 Å². The number of nitriles is 1. The van der Waals surface area contributed by atoms with Crippen molar-refractivity contribution in [1.82, 2.24) is 15.2 Å². The third-order valence-corrected chi connectivity index (χ3v) is 4.41. The number of likely N-dealkylation sites (tertiary alicyclic amines) is 1. The van der Waals surface area contributed by atoms with E-state index in [1.165, 1.54) is 30.3 Å². The van der Waals surface area contributed by atoms with Crippen molar-refractivity contribution in [3.8, 4) is 17.5 Å². The molecule has 2 atom stereocenters. The molecular weight excluding hydrogens is 377 g/mol. The van der Waals surface area contributed by atoms with E-state index in [9.17, 15) is 18.0 Å². The maximum Gasteiger partial charge on any atom is 0.416 e. The first-order valence-electron chi connectivity index (χ1n) is 8.41. The quantitative estimate of drug-likeness (QED) is 0.784. The van der Waals surface area contributed by atoms with Crippen LogP contribution in [0.25, 0.3) is 11.3 Å². The summed E-state index contributed by atoms with van der Waals surface area (Å²) >= 11 is 0. The van der Waals surface area contributed by atoms with Gasteiger partial charge in [0, 0.05) is 25.3 Å². The molecule has 1 aliphatic rings. The van der Waals surface area contributed by atoms with Crippen LogP contribution in [0, 0.1) is 11.5 Å². The molecule has 1 saturated heterocycles. The number of ether oxygens (including phenoxy) is 1. The molecule has 1 fully saturated rings. The fourth-order valence-electron chi connectivity index (χ4n) is 3.10. The standard InChI is InChI=1S/C18H17F3N4O3/c1-27-9-14-6-13(8-25(14)10-22)24-16(26)17-23-7-15(28-17)11-3-2-4-12(5-11)18(19,20)21/h2-5,7,13-14H,6,8-9H2,1H3,(H,24,26)/t13-,14?/m1/s1. The number of rotatable bonds is 5. The fourth-order valence-corrected chi connectivity index (χ4v) is 3.10. The molecule has 10 heteroatoms. The van der Waals surface area contributed by atoms with Crippen molar-refractivity contribution in [2.45, 2.75) is 24.7 Å². The summed E-state index contributed by atoms with van der Waals surface area (Å²) in [6.45, 7) is 0.691. The maximum absolute atomic E-state index is 12.8. The number of amides is 1. The second-order valence-electron chi connectivity index (χ2n) is 6.38. The number of carbonyl (C=O) groups is 1. The molecule has 0 bridgehead atoms. The van der Waals surface area contributed by atoms with Gasteiger partial charge in [0.2, 0.25) is 0 Å². The summed E-state index contributed by atoms with van der Waals surface area (Å²) in [7, 11) is 1.53. The maximum atomic E-state index is 12.8. The van der Waals surface area contributed by atoms with Gasteiger partial charge < -0.3 is 19.4 Å². The Bertz CT molecular complexity index is 891. The van der Waals surface area contributed by atoms with Gasteiger partial charge in [-0.2, -0.15) is 18.4 Å². The molecule has 148 valence electrons. The Morgan fingerprint density at radius 3 is 2.96 bits per heavy atom. The first kappa shape index (κ1) is 19.7. The highest BCUT2D eigenvalue weighted by molar-refractivity contribution is 5.90. The van der Waals surface area contributed by atoms with E-state index in [0.29, 0.717) is 19.6 Å². The number of benzene rings is 1. The number of nitrogens with zero attached hydrogens (tertiary/aromatic N) is 3. The van der Waals surface area contributed by atoms with Crippen molar-refractivity contribution in [2.24, 2.45) is 0 Å². The lowest BCUT2D eigenvalue weighted by Crippen LogP contribution is -2.36. The van der Waals surface area contributed by atoms with E-state index in [0.717, 1.165) is 12.1 Å². The van der Waals surface area contributed by atoms with E-state index >= 15 is 0 Å². The first-order chi connectivity index (χ1) is 13.3. The van der Waals surface area contributed by atoms with Gasteiger partial charge >= 0.3 is 12.1 Å². The third-order valence-electron chi connectivity index (χ3n) is 4.41. The lowest BCUT2D eigenvalue weighted by atomic mass is 10.1. The van der Waals surface area contributed by atoms with Gasteiger partial charge in [0.15, 0.2) is 12.0 Å². The van der Waals surface area contributed by atoms with Crippen LogP contribution in [0.2, 0.25) is 0 Å². The number of halogens is 3. The molecular formula is C18H17F3N4O3. The van der Waals surface area contributed by atoms with Gasteiger partial charge in [0.1, 0.15) is 0 Å². The monoisotopic (exact) mass is 394 g/mol. The second kappa shape index (κ2) is 7.90. The van der Waals surface area contributed by atoms with Crippen LogP contribution < -0.4 is 5.32 Å². The van der Waals surface area contributed by atoms with E-state index in [2.05, 4.69) is 16.5 Å². The number of nitrogens with one attached hydrogen (secondary N) is 1. The molecule has 0 aliphatic carbocycles. The molecule has 7 nitrogen and oxygen atoms in total. The van der Waals surface area contributed by atoms with E-state index in [4.69, 9.17) is 14.4 Å². The molecule has 1 aromatic heterocycles. The van der Waals surface area contributed by atoms with Crippen LogP contribution in [-0.4, -0.2) is 48.1 Å². The van der Waals surface area contributed by atoms with E-state index in [-0.39, 0.29) is 29.3 Å². The summed E-state index contributed by atoms with van der Waals surface area (Å²) in [5.74, 6) is -0.802. The first-order valence-corrected chi connectivity index (χ1v) is 8.41. The van der Waals surface area contributed by atoms with E-state index < -0.39 is 17.6 Å². The minimum Gasteiger partial charge on any atom is -0.432 e. The van der Waals surface area contributed by atoms with Crippen LogP contribution in [0.5, 0.6) is 0 Å². The molecule has 0 saturated carbocycles. The Morgan fingerprint density at radius 1 is 1.50 bits per heavy atom. The number of hydrogen-bond donors (Lipinski definition) is 1. The van der Waals surface area contributed by atoms with Gasteiger partial charge in [-0.15, -0.1) is 0 Å². The molecule has 2 aromatic rings. The molecule has 1 amide bonds. The highest BCUT2D eigenvalue weighted by Crippen LogP contribution is 2.32. The zero-order valence-electron chi connectivity index (χ0n) is 14.9. The van der Waals surface area contributed by atoms with Crippen molar-refractivity contribution in [3.05, 3.63) is 41.9 Å². The third kappa shape index (κ3) is 4.26. The predicted octanol–water partition coefficient (Wildman–Crippen LogP) is 2.66. The van der Waals surface area contributed by atoms with Crippen molar-refractivity contribution < 1.29 is 27.1 Å². The van der Waals surface area contributed by atoms with Crippen molar-refractivity contribution in [2.75, 3.05) is 20.3 Å². The summed E-state index contributed by atoms with van der Waals surface area (Å²) < 4.78 is 48.9. The average molecular weight is 394 g/mol. The van der Waals surface area contributed by atoms with Gasteiger partial charge in [-0.3, -0.25) is 4.79 Å². The van der Waals surface area contributed by atoms with Crippen LogP contribution in [0.3, 0.4) is 0 Å². The van der Waals surface area contributed by atoms with Crippen molar-refractivity contribution >= 4 is 5.91 Å². The summed E-state index contributed by atoms with van der Waals surface area (Å²) in [6, 6.07) is 4.14. The molecule has 28 heavy (non-hydrogen) atoms. The second-order valence-corrected chi connectivity index (χ2v) is 6.38. The van der Waals surface area contributed by atoms with E-state index in [1.807, 2.05) is 0 Å². The Morgan fingerprint density at radius 2 is 2.29 bits per heavy atom. The zero-order valence-corrected chi connectivity index (χ0v) is 14.9. The SMILES string of the molecule is COCC1C[C@@H](NC(=O)c2ncc(-c3cccc(C(F)(F)F)c3)o2)CN1C#N. The van der Waals surface area contributed by atoms with Crippen LogP contribution >= 0.6 is 0 Å². The van der Waals surface area contributed by atoms with Crippen LogP contribution in [-0.2, 0) is 10.9 Å². The summed E-state index contributed by atoms with van der Waals surface area (Å²) in [5.41, 5.74) is -0.655. The van der Waals surface area contributed by atoms with Crippen LogP contribution in [0.4, 0.5) is 13.2 Å². The molecule has 1 aromatic carbocycles. The minimum absolute atomic E-state index is 0.0542. The Labute approximate surface area is 158 Å². The molecule has 0 radical (unpaired) electrons. The topological polar surface area (TPSA) is 91.4 Å². The average Bonchev–Trinajstić information content (AvgIpc) is 3.29. The lowest BCUT2D eigenvalue weighted by Gasteiger charge is -2.15. The highest BCUT2D eigenvalue weighted by Gasteiger charge is 2.33. The smallest absolute Gasteiger partial charge is 0.416 e. The van der Waals surface area contributed by atoms with Crippen molar-refractivity contribution in [1.29, 1.82) is 5.26 Å². The van der Waals surface area contributed by atoms with Crippen LogP contribution in [0.15, 0.2) is 34.9 Å². The van der Waals surface area contributed by atoms with E-state index in [1.54, 1.807) is 0 Å². The molecule has 0 spiro atoms. The molecule has 1 aliphatic heterocycles. The Hall–Kier alpha value is -3.06. The van der Waals surface area contributed by atoms with Gasteiger partial charge in [-0.1, -0.05) is 12.1 Å². The summed E-state index contributed by atoms with van der Waals surface area (Å²) in [6.07, 6.45) is -0.701. The highest BCUT2D eigenvalue weighted by atomic mass is 19.4.